The molecule has 92 valence electrons. The molecule has 2 rings (SSSR count). The van der Waals surface area contributed by atoms with Crippen LogP contribution in [-0.2, 0) is 0 Å². The summed E-state index contributed by atoms with van der Waals surface area (Å²) in [5.74, 6) is -0.241. The lowest BCUT2D eigenvalue weighted by molar-refractivity contribution is 0.0960. The lowest BCUT2D eigenvalue weighted by Gasteiger charge is -2.09. The van der Waals surface area contributed by atoms with E-state index >= 15 is 0 Å². The predicted octanol–water partition coefficient (Wildman–Crippen LogP) is 2.02. The van der Waals surface area contributed by atoms with E-state index in [1.54, 1.807) is 6.07 Å². The first-order chi connectivity index (χ1) is 8.22. The van der Waals surface area contributed by atoms with Crippen LogP contribution in [0.25, 0.3) is 0 Å². The van der Waals surface area contributed by atoms with Crippen LogP contribution in [0.4, 0.5) is 4.39 Å². The fraction of sp³-hybridized carbons (Fsp3) is 0.462. The first kappa shape index (κ1) is 12.0. The van der Waals surface area contributed by atoms with Gasteiger partial charge in [-0.25, -0.2) is 4.39 Å². The van der Waals surface area contributed by atoms with Gasteiger partial charge in [0, 0.05) is 6.42 Å². The Hall–Kier alpha value is -1.42. The number of benzene rings is 1. The van der Waals surface area contributed by atoms with Crippen molar-refractivity contribution in [3.05, 3.63) is 29.6 Å². The molecule has 1 aliphatic heterocycles. The molecule has 1 atom stereocenters. The summed E-state index contributed by atoms with van der Waals surface area (Å²) in [6.07, 6.45) is 1.38. The van der Waals surface area contributed by atoms with Crippen LogP contribution in [0.3, 0.4) is 0 Å². The number of Topliss-reactive ketones (excluding diaryl/α,β-unsaturated/α-hetero) is 1. The molecule has 0 aliphatic carbocycles. The second kappa shape index (κ2) is 5.27. The highest BCUT2D eigenvalue weighted by atomic mass is 19.1. The fourth-order valence-corrected chi connectivity index (χ4v) is 2.14. The van der Waals surface area contributed by atoms with Crippen molar-refractivity contribution in [3.63, 3.8) is 0 Å². The van der Waals surface area contributed by atoms with E-state index in [-0.39, 0.29) is 17.1 Å². The van der Waals surface area contributed by atoms with Crippen LogP contribution in [0, 0.1) is 11.7 Å². The quantitative estimate of drug-likeness (QED) is 0.814. The van der Waals surface area contributed by atoms with Gasteiger partial charge in [-0.2, -0.15) is 0 Å². The average Bonchev–Trinajstić information content (AvgIpc) is 2.82. The highest BCUT2D eigenvalue weighted by molar-refractivity contribution is 5.96. The summed E-state index contributed by atoms with van der Waals surface area (Å²) in [5.41, 5.74) is 0.135. The van der Waals surface area contributed by atoms with E-state index in [4.69, 9.17) is 4.74 Å². The molecule has 0 aromatic heterocycles. The molecule has 1 aliphatic rings. The van der Waals surface area contributed by atoms with E-state index in [0.717, 1.165) is 19.5 Å². The van der Waals surface area contributed by atoms with Crippen molar-refractivity contribution in [2.45, 2.75) is 12.8 Å². The third-order valence-electron chi connectivity index (χ3n) is 3.12. The van der Waals surface area contributed by atoms with Crippen molar-refractivity contribution in [2.24, 2.45) is 5.92 Å². The average molecular weight is 237 g/mol. The maximum absolute atomic E-state index is 13.8. The van der Waals surface area contributed by atoms with E-state index in [1.807, 2.05) is 0 Å². The Morgan fingerprint density at radius 3 is 3.06 bits per heavy atom. The molecule has 1 fully saturated rings. The zero-order chi connectivity index (χ0) is 12.3. The van der Waals surface area contributed by atoms with Crippen molar-refractivity contribution >= 4 is 5.78 Å². The van der Waals surface area contributed by atoms with E-state index in [0.29, 0.717) is 12.3 Å². The van der Waals surface area contributed by atoms with Gasteiger partial charge in [-0.15, -0.1) is 0 Å². The number of hydrogen-bond acceptors (Lipinski definition) is 3. The van der Waals surface area contributed by atoms with Crippen molar-refractivity contribution in [3.8, 4) is 5.75 Å². The first-order valence-corrected chi connectivity index (χ1v) is 5.78. The van der Waals surface area contributed by atoms with E-state index in [2.05, 4.69) is 5.32 Å². The minimum absolute atomic E-state index is 0.125. The molecule has 1 heterocycles. The van der Waals surface area contributed by atoms with Gasteiger partial charge in [0.15, 0.2) is 17.3 Å². The summed E-state index contributed by atoms with van der Waals surface area (Å²) < 4.78 is 18.7. The fourth-order valence-electron chi connectivity index (χ4n) is 2.14. The number of ketones is 1. The van der Waals surface area contributed by atoms with Gasteiger partial charge in [-0.3, -0.25) is 4.79 Å². The van der Waals surface area contributed by atoms with E-state index < -0.39 is 5.82 Å². The van der Waals surface area contributed by atoms with Crippen molar-refractivity contribution in [2.75, 3.05) is 20.2 Å². The third-order valence-corrected chi connectivity index (χ3v) is 3.12. The number of halogens is 1. The molecule has 3 nitrogen and oxygen atoms in total. The van der Waals surface area contributed by atoms with Crippen molar-refractivity contribution < 1.29 is 13.9 Å². The molecule has 0 saturated carbocycles. The van der Waals surface area contributed by atoms with Crippen LogP contribution in [0.5, 0.6) is 5.75 Å². The summed E-state index contributed by atoms with van der Waals surface area (Å²) in [7, 11) is 1.40. The molecule has 4 heteroatoms. The number of rotatable bonds is 4. The van der Waals surface area contributed by atoms with Gasteiger partial charge in [0.05, 0.1) is 12.7 Å². The third kappa shape index (κ3) is 2.64. The molecule has 17 heavy (non-hydrogen) atoms. The van der Waals surface area contributed by atoms with Crippen LogP contribution in [0.2, 0.25) is 0 Å². The summed E-state index contributed by atoms with van der Waals surface area (Å²) in [4.78, 5) is 12.0. The van der Waals surface area contributed by atoms with Crippen molar-refractivity contribution in [1.29, 1.82) is 0 Å². The van der Waals surface area contributed by atoms with Crippen LogP contribution < -0.4 is 10.1 Å². The predicted molar refractivity (Wildman–Crippen MR) is 62.9 cm³/mol. The van der Waals surface area contributed by atoms with Crippen molar-refractivity contribution in [1.82, 2.24) is 5.32 Å². The summed E-state index contributed by atoms with van der Waals surface area (Å²) in [5, 5.41) is 3.20. The normalized spacial score (nSPS) is 19.3. The van der Waals surface area contributed by atoms with Gasteiger partial charge in [0.25, 0.3) is 0 Å². The number of carbonyl (C=O) groups excluding carboxylic acids is 1. The Kier molecular flexibility index (Phi) is 3.74. The molecule has 1 aromatic rings. The van der Waals surface area contributed by atoms with Gasteiger partial charge < -0.3 is 10.1 Å². The molecule has 0 amide bonds. The van der Waals surface area contributed by atoms with E-state index in [9.17, 15) is 9.18 Å². The zero-order valence-electron chi connectivity index (χ0n) is 9.83. The molecular weight excluding hydrogens is 221 g/mol. The smallest absolute Gasteiger partial charge is 0.175 e. The topological polar surface area (TPSA) is 38.3 Å². The van der Waals surface area contributed by atoms with Crippen LogP contribution >= 0.6 is 0 Å². The van der Waals surface area contributed by atoms with Gasteiger partial charge in [0.2, 0.25) is 0 Å². The highest BCUT2D eigenvalue weighted by Crippen LogP contribution is 2.23. The number of ether oxygens (including phenoxy) is 1. The van der Waals surface area contributed by atoms with Crippen LogP contribution in [0.1, 0.15) is 23.2 Å². The molecule has 1 aromatic carbocycles. The monoisotopic (exact) mass is 237 g/mol. The van der Waals surface area contributed by atoms with Gasteiger partial charge in [0.1, 0.15) is 0 Å². The maximum Gasteiger partial charge on any atom is 0.175 e. The van der Waals surface area contributed by atoms with Gasteiger partial charge >= 0.3 is 0 Å². The summed E-state index contributed by atoms with van der Waals surface area (Å²) in [6.45, 7) is 1.79. The highest BCUT2D eigenvalue weighted by Gasteiger charge is 2.21. The Bertz CT molecular complexity index is 414. The minimum atomic E-state index is -0.550. The number of methoxy groups -OCH3 is 1. The SMILES string of the molecule is COc1cccc(C(=O)CC2CCNC2)c1F. The Morgan fingerprint density at radius 1 is 1.59 bits per heavy atom. The largest absolute Gasteiger partial charge is 0.494 e. The number of nitrogens with one attached hydrogen (secondary N) is 1. The molecule has 0 radical (unpaired) electrons. The minimum Gasteiger partial charge on any atom is -0.494 e. The molecule has 1 unspecified atom stereocenters. The lowest BCUT2D eigenvalue weighted by Crippen LogP contribution is -2.14. The molecular formula is C13H16FNO2. The second-order valence-electron chi connectivity index (χ2n) is 4.31. The van der Waals surface area contributed by atoms with Crippen LogP contribution in [0.15, 0.2) is 18.2 Å². The molecule has 1 saturated heterocycles. The standard InChI is InChI=1S/C13H16FNO2/c1-17-12-4-2-3-10(13(12)14)11(16)7-9-5-6-15-8-9/h2-4,9,15H,5-8H2,1H3. The van der Waals surface area contributed by atoms with Crippen LogP contribution in [-0.4, -0.2) is 26.0 Å². The van der Waals surface area contributed by atoms with E-state index in [1.165, 1.54) is 19.2 Å². The summed E-state index contributed by atoms with van der Waals surface area (Å²) >= 11 is 0. The zero-order valence-corrected chi connectivity index (χ0v) is 9.83. The molecule has 1 N–H and O–H groups in total. The van der Waals surface area contributed by atoms with Gasteiger partial charge in [-0.1, -0.05) is 6.07 Å². The Balaban J connectivity index is 2.12. The second-order valence-corrected chi connectivity index (χ2v) is 4.31. The number of hydrogen-bond donors (Lipinski definition) is 1. The Labute approximate surface area is 100.0 Å². The summed E-state index contributed by atoms with van der Waals surface area (Å²) in [6, 6.07) is 4.67. The molecule has 0 spiro atoms. The molecule has 0 bridgehead atoms. The first-order valence-electron chi connectivity index (χ1n) is 5.78. The Morgan fingerprint density at radius 2 is 2.41 bits per heavy atom. The van der Waals surface area contributed by atoms with Gasteiger partial charge in [-0.05, 0) is 37.6 Å². The number of carbonyl (C=O) groups is 1. The maximum atomic E-state index is 13.8. The lowest BCUT2D eigenvalue weighted by atomic mass is 9.97.